The van der Waals surface area contributed by atoms with Gasteiger partial charge in [-0.1, -0.05) is 48.5 Å². The van der Waals surface area contributed by atoms with Crippen molar-refractivity contribution < 1.29 is 32.9 Å². The van der Waals surface area contributed by atoms with Crippen molar-refractivity contribution in [3.8, 4) is 11.5 Å². The van der Waals surface area contributed by atoms with Gasteiger partial charge < -0.3 is 19.7 Å². The Morgan fingerprint density at radius 3 is 2.33 bits per heavy atom. The van der Waals surface area contributed by atoms with E-state index in [-0.39, 0.29) is 12.4 Å². The maximum Gasteiger partial charge on any atom is 0.341 e. The summed E-state index contributed by atoms with van der Waals surface area (Å²) >= 11 is 0. The van der Waals surface area contributed by atoms with Gasteiger partial charge in [0, 0.05) is 5.39 Å². The first kappa shape index (κ1) is 21.6. The Morgan fingerprint density at radius 2 is 1.60 bits per heavy atom. The lowest BCUT2D eigenvalue weighted by Crippen LogP contribution is -2.27. The van der Waals surface area contributed by atoms with Crippen molar-refractivity contribution in [3.05, 3.63) is 72.3 Å². The Labute approximate surface area is 174 Å². The average Bonchev–Trinajstić information content (AvgIpc) is 2.71. The second-order valence-electron chi connectivity index (χ2n) is 6.78. The molecule has 0 heterocycles. The van der Waals surface area contributed by atoms with Crippen LogP contribution in [-0.2, 0) is 20.4 Å². The number of carbonyl (C=O) groups is 1. The predicted molar refractivity (Wildman–Crippen MR) is 113 cm³/mol. The second kappa shape index (κ2) is 9.60. The first-order chi connectivity index (χ1) is 14.3. The molecule has 0 radical (unpaired) electrons. The highest BCUT2D eigenvalue weighted by molar-refractivity contribution is 7.90. The van der Waals surface area contributed by atoms with Gasteiger partial charge in [0.25, 0.3) is 0 Å². The van der Waals surface area contributed by atoms with Crippen LogP contribution in [0.1, 0.15) is 5.56 Å². The van der Waals surface area contributed by atoms with Crippen molar-refractivity contribution in [2.24, 2.45) is 0 Å². The standard InChI is InChI=1S/C22H22O7S/c23-17(12-28-18-7-2-1-3-8-18)15-30(26,27)14-16-6-4-10-20-19(16)9-5-11-21(20)29-13-22(24)25/h1-11,17,23H,12-15H2,(H,24,25). The molecule has 1 atom stereocenters. The van der Waals surface area contributed by atoms with E-state index in [9.17, 15) is 18.3 Å². The lowest BCUT2D eigenvalue weighted by Gasteiger charge is -2.14. The van der Waals surface area contributed by atoms with Gasteiger partial charge >= 0.3 is 5.97 Å². The number of rotatable bonds is 10. The van der Waals surface area contributed by atoms with E-state index in [4.69, 9.17) is 14.6 Å². The maximum atomic E-state index is 12.6. The van der Waals surface area contributed by atoms with E-state index in [1.807, 2.05) is 6.07 Å². The van der Waals surface area contributed by atoms with Crippen LogP contribution in [0.25, 0.3) is 10.8 Å². The van der Waals surface area contributed by atoms with Crippen molar-refractivity contribution in [3.63, 3.8) is 0 Å². The Hall–Kier alpha value is -3.10. The fourth-order valence-corrected chi connectivity index (χ4v) is 4.61. The van der Waals surface area contributed by atoms with Crippen LogP contribution in [0, 0.1) is 0 Å². The van der Waals surface area contributed by atoms with Crippen LogP contribution in [0.3, 0.4) is 0 Å². The molecule has 7 nitrogen and oxygen atoms in total. The SMILES string of the molecule is O=C(O)COc1cccc2c(CS(=O)(=O)CC(O)COc3ccccc3)cccc12. The zero-order chi connectivity index (χ0) is 21.6. The van der Waals surface area contributed by atoms with Crippen LogP contribution in [0.15, 0.2) is 66.7 Å². The molecule has 0 amide bonds. The van der Waals surface area contributed by atoms with Gasteiger partial charge in [-0.25, -0.2) is 13.2 Å². The lowest BCUT2D eigenvalue weighted by atomic mass is 10.0. The van der Waals surface area contributed by atoms with E-state index >= 15 is 0 Å². The van der Waals surface area contributed by atoms with Crippen LogP contribution < -0.4 is 9.47 Å². The number of fused-ring (bicyclic) bond motifs is 1. The van der Waals surface area contributed by atoms with Crippen LogP contribution >= 0.6 is 0 Å². The number of aliphatic hydroxyl groups is 1. The topological polar surface area (TPSA) is 110 Å². The normalized spacial score (nSPS) is 12.4. The number of hydrogen-bond acceptors (Lipinski definition) is 6. The highest BCUT2D eigenvalue weighted by Crippen LogP contribution is 2.29. The van der Waals surface area contributed by atoms with Crippen molar-refractivity contribution in [1.82, 2.24) is 0 Å². The molecule has 0 aromatic heterocycles. The number of hydrogen-bond donors (Lipinski definition) is 2. The van der Waals surface area contributed by atoms with Gasteiger partial charge in [-0.3, -0.25) is 0 Å². The number of ether oxygens (including phenoxy) is 2. The van der Waals surface area contributed by atoms with Gasteiger partial charge in [0.05, 0.1) is 11.5 Å². The molecule has 0 spiro atoms. The average molecular weight is 430 g/mol. The molecule has 8 heteroatoms. The minimum absolute atomic E-state index is 0.133. The molecule has 3 aromatic carbocycles. The summed E-state index contributed by atoms with van der Waals surface area (Å²) in [5.74, 6) is -0.889. The Kier molecular flexibility index (Phi) is 6.91. The van der Waals surface area contributed by atoms with E-state index in [0.29, 0.717) is 27.8 Å². The van der Waals surface area contributed by atoms with E-state index in [2.05, 4.69) is 0 Å². The van der Waals surface area contributed by atoms with Gasteiger partial charge in [-0.15, -0.1) is 0 Å². The quantitative estimate of drug-likeness (QED) is 0.509. The summed E-state index contributed by atoms with van der Waals surface area (Å²) in [6.45, 7) is -0.624. The number of carboxylic acid groups (broad SMARTS) is 1. The molecule has 0 bridgehead atoms. The van der Waals surface area contributed by atoms with Crippen molar-refractivity contribution in [2.45, 2.75) is 11.9 Å². The summed E-state index contributed by atoms with van der Waals surface area (Å²) in [5.41, 5.74) is 0.546. The zero-order valence-corrected chi connectivity index (χ0v) is 16.9. The largest absolute Gasteiger partial charge is 0.491 e. The molecule has 0 aliphatic rings. The van der Waals surface area contributed by atoms with Crippen LogP contribution in [0.5, 0.6) is 11.5 Å². The number of benzene rings is 3. The van der Waals surface area contributed by atoms with Crippen molar-refractivity contribution in [2.75, 3.05) is 19.0 Å². The van der Waals surface area contributed by atoms with Crippen LogP contribution in [0.2, 0.25) is 0 Å². The maximum absolute atomic E-state index is 12.6. The molecule has 0 fully saturated rings. The Morgan fingerprint density at radius 1 is 0.900 bits per heavy atom. The molecule has 0 saturated carbocycles. The third kappa shape index (κ3) is 5.95. The molecular formula is C22H22O7S. The molecule has 3 aromatic rings. The number of aliphatic hydroxyl groups excluding tert-OH is 1. The summed E-state index contributed by atoms with van der Waals surface area (Å²) in [5, 5.41) is 20.2. The van der Waals surface area contributed by atoms with Crippen molar-refractivity contribution in [1.29, 1.82) is 0 Å². The lowest BCUT2D eigenvalue weighted by molar-refractivity contribution is -0.139. The number of aliphatic carboxylic acids is 1. The Bertz CT molecular complexity index is 1110. The number of sulfone groups is 1. The molecule has 0 aliphatic heterocycles. The molecule has 3 rings (SSSR count). The highest BCUT2D eigenvalue weighted by Gasteiger charge is 2.20. The van der Waals surface area contributed by atoms with Gasteiger partial charge in [0.2, 0.25) is 0 Å². The summed E-state index contributed by atoms with van der Waals surface area (Å²) in [6.07, 6.45) is -1.17. The molecule has 158 valence electrons. The zero-order valence-electron chi connectivity index (χ0n) is 16.1. The van der Waals surface area contributed by atoms with Gasteiger partial charge in [-0.05, 0) is 29.1 Å². The van der Waals surface area contributed by atoms with Gasteiger partial charge in [-0.2, -0.15) is 0 Å². The highest BCUT2D eigenvalue weighted by atomic mass is 32.2. The van der Waals surface area contributed by atoms with E-state index < -0.39 is 34.3 Å². The van der Waals surface area contributed by atoms with Crippen LogP contribution in [-0.4, -0.2) is 49.7 Å². The fraction of sp³-hybridized carbons (Fsp3) is 0.227. The number of para-hydroxylation sites is 1. The second-order valence-corrected chi connectivity index (χ2v) is 8.89. The van der Waals surface area contributed by atoms with Gasteiger partial charge in [0.15, 0.2) is 16.4 Å². The van der Waals surface area contributed by atoms with Crippen LogP contribution in [0.4, 0.5) is 0 Å². The van der Waals surface area contributed by atoms with E-state index in [0.717, 1.165) is 0 Å². The summed E-state index contributed by atoms with van der Waals surface area (Å²) in [7, 11) is -3.63. The van der Waals surface area contributed by atoms with Crippen molar-refractivity contribution >= 4 is 26.6 Å². The Balaban J connectivity index is 1.71. The third-order valence-electron chi connectivity index (χ3n) is 4.33. The first-order valence-electron chi connectivity index (χ1n) is 9.25. The van der Waals surface area contributed by atoms with Gasteiger partial charge in [0.1, 0.15) is 24.2 Å². The third-order valence-corrected chi connectivity index (χ3v) is 5.97. The molecule has 0 saturated heterocycles. The first-order valence-corrected chi connectivity index (χ1v) is 11.1. The minimum Gasteiger partial charge on any atom is -0.491 e. The smallest absolute Gasteiger partial charge is 0.341 e. The number of carboxylic acids is 1. The summed E-state index contributed by atoms with van der Waals surface area (Å²) in [4.78, 5) is 10.8. The fourth-order valence-electron chi connectivity index (χ4n) is 3.08. The predicted octanol–water partition coefficient (Wildman–Crippen LogP) is 2.66. The summed E-state index contributed by atoms with van der Waals surface area (Å²) in [6, 6.07) is 19.0. The molecule has 2 N–H and O–H groups in total. The minimum atomic E-state index is -3.63. The molecule has 0 aliphatic carbocycles. The monoisotopic (exact) mass is 430 g/mol. The molecule has 30 heavy (non-hydrogen) atoms. The molecular weight excluding hydrogens is 408 g/mol. The van der Waals surface area contributed by atoms with E-state index in [1.54, 1.807) is 60.7 Å². The van der Waals surface area contributed by atoms with E-state index in [1.165, 1.54) is 0 Å². The molecule has 1 unspecified atom stereocenters. The summed E-state index contributed by atoms with van der Waals surface area (Å²) < 4.78 is 36.0.